The highest BCUT2D eigenvalue weighted by Crippen LogP contribution is 2.15. The Balaban J connectivity index is 0.00000106. The summed E-state index contributed by atoms with van der Waals surface area (Å²) in [5, 5.41) is 10.0. The second-order valence-electron chi connectivity index (χ2n) is 3.02. The summed E-state index contributed by atoms with van der Waals surface area (Å²) in [6.45, 7) is 3.46. The molecule has 0 radical (unpaired) electrons. The smallest absolute Gasteiger partial charge is 0.137 e. The van der Waals surface area contributed by atoms with Crippen LogP contribution >= 0.6 is 11.6 Å². The number of likely N-dealkylation sites (N-methyl/N-ethyl adjacent to an activating group) is 1. The summed E-state index contributed by atoms with van der Waals surface area (Å²) in [4.78, 5) is 4.20. The van der Waals surface area contributed by atoms with Crippen LogP contribution in [-0.2, 0) is 5.88 Å². The van der Waals surface area contributed by atoms with Crippen LogP contribution in [0.15, 0.2) is 12.3 Å². The number of aryl methyl sites for hydroxylation is 1. The second kappa shape index (κ2) is 9.39. The number of nitrogens with zero attached hydrogens (tertiary/aromatic N) is 1. The molecule has 0 aliphatic carbocycles. The number of aromatic nitrogens is 1. The first-order chi connectivity index (χ1) is 7.77. The number of halogens is 1. The van der Waals surface area contributed by atoms with Crippen LogP contribution in [0.25, 0.3) is 0 Å². The molecule has 1 rings (SSSR count). The second-order valence-corrected chi connectivity index (χ2v) is 3.29. The Hall–Kier alpha value is -0.840. The van der Waals surface area contributed by atoms with Crippen molar-refractivity contribution in [1.29, 1.82) is 0 Å². The zero-order chi connectivity index (χ0) is 12.4. The quantitative estimate of drug-likeness (QED) is 0.608. The zero-order valence-corrected chi connectivity index (χ0v) is 10.7. The van der Waals surface area contributed by atoms with Gasteiger partial charge in [0.25, 0.3) is 0 Å². The average molecular weight is 247 g/mol. The lowest BCUT2D eigenvalue weighted by molar-refractivity contribution is 0.317. The predicted octanol–water partition coefficient (Wildman–Crippen LogP) is 1.34. The van der Waals surface area contributed by atoms with Crippen molar-refractivity contribution in [3.8, 4) is 5.75 Å². The molecule has 5 heteroatoms. The van der Waals surface area contributed by atoms with Gasteiger partial charge in [0.15, 0.2) is 0 Å². The molecule has 4 nitrogen and oxygen atoms in total. The number of ether oxygens (including phenoxy) is 1. The minimum atomic E-state index is 0.447. The number of rotatable bonds is 5. The van der Waals surface area contributed by atoms with Crippen LogP contribution in [-0.4, -0.2) is 37.4 Å². The van der Waals surface area contributed by atoms with Crippen LogP contribution in [0.5, 0.6) is 5.75 Å². The minimum Gasteiger partial charge on any atom is -0.491 e. The molecule has 0 aliphatic heterocycles. The molecular formula is C11H19ClN2O2. The van der Waals surface area contributed by atoms with Crippen molar-refractivity contribution in [3.63, 3.8) is 0 Å². The zero-order valence-electron chi connectivity index (χ0n) is 9.96. The Labute approximate surface area is 102 Å². The largest absolute Gasteiger partial charge is 0.491 e. The molecule has 92 valence electrons. The van der Waals surface area contributed by atoms with Crippen molar-refractivity contribution < 1.29 is 9.84 Å². The molecule has 0 amide bonds. The van der Waals surface area contributed by atoms with E-state index in [4.69, 9.17) is 21.4 Å². The molecule has 0 saturated heterocycles. The van der Waals surface area contributed by atoms with Crippen LogP contribution in [0.4, 0.5) is 0 Å². The van der Waals surface area contributed by atoms with Crippen molar-refractivity contribution in [2.24, 2.45) is 0 Å². The molecule has 0 aromatic carbocycles. The summed E-state index contributed by atoms with van der Waals surface area (Å²) in [6, 6.07) is 1.96. The minimum absolute atomic E-state index is 0.447. The normalized spacial score (nSPS) is 9.31. The van der Waals surface area contributed by atoms with E-state index in [2.05, 4.69) is 10.3 Å². The van der Waals surface area contributed by atoms with Gasteiger partial charge in [-0.15, -0.1) is 11.6 Å². The molecule has 0 atom stereocenters. The van der Waals surface area contributed by atoms with Gasteiger partial charge >= 0.3 is 0 Å². The summed E-state index contributed by atoms with van der Waals surface area (Å²) in [7, 11) is 2.89. The van der Waals surface area contributed by atoms with Gasteiger partial charge < -0.3 is 15.2 Å². The SMILES string of the molecule is CNCCOc1cnc(CCl)c(C)c1.CO. The predicted molar refractivity (Wildman–Crippen MR) is 66.1 cm³/mol. The molecule has 1 aromatic heterocycles. The van der Waals surface area contributed by atoms with Gasteiger partial charge in [-0.1, -0.05) is 0 Å². The lowest BCUT2D eigenvalue weighted by atomic mass is 10.2. The van der Waals surface area contributed by atoms with Gasteiger partial charge in [0.2, 0.25) is 0 Å². The van der Waals surface area contributed by atoms with Crippen LogP contribution in [0.1, 0.15) is 11.3 Å². The number of aliphatic hydroxyl groups excluding tert-OH is 1. The van der Waals surface area contributed by atoms with Crippen LogP contribution < -0.4 is 10.1 Å². The van der Waals surface area contributed by atoms with E-state index in [1.54, 1.807) is 6.20 Å². The van der Waals surface area contributed by atoms with Crippen molar-refractivity contribution in [2.45, 2.75) is 12.8 Å². The fourth-order valence-electron chi connectivity index (χ4n) is 1.07. The Morgan fingerprint density at radius 1 is 1.50 bits per heavy atom. The lowest BCUT2D eigenvalue weighted by Gasteiger charge is -2.07. The maximum absolute atomic E-state index is 7.00. The monoisotopic (exact) mass is 246 g/mol. The van der Waals surface area contributed by atoms with E-state index in [1.165, 1.54) is 0 Å². The topological polar surface area (TPSA) is 54.4 Å². The highest BCUT2D eigenvalue weighted by molar-refractivity contribution is 6.17. The lowest BCUT2D eigenvalue weighted by Crippen LogP contribution is -2.16. The van der Waals surface area contributed by atoms with E-state index in [-0.39, 0.29) is 0 Å². The van der Waals surface area contributed by atoms with Crippen LogP contribution in [0, 0.1) is 6.92 Å². The van der Waals surface area contributed by atoms with E-state index in [1.807, 2.05) is 20.0 Å². The third-order valence-corrected chi connectivity index (χ3v) is 2.16. The molecule has 0 bridgehead atoms. The molecular weight excluding hydrogens is 228 g/mol. The van der Waals surface area contributed by atoms with Gasteiger partial charge in [-0.25, -0.2) is 0 Å². The number of hydrogen-bond donors (Lipinski definition) is 2. The summed E-state index contributed by atoms with van der Waals surface area (Å²) in [5.74, 6) is 1.24. The maximum atomic E-state index is 7.00. The fourth-order valence-corrected chi connectivity index (χ4v) is 1.35. The molecule has 0 saturated carbocycles. The molecule has 16 heavy (non-hydrogen) atoms. The van der Waals surface area contributed by atoms with Gasteiger partial charge in [-0.3, -0.25) is 4.98 Å². The number of nitrogens with one attached hydrogen (secondary N) is 1. The van der Waals surface area contributed by atoms with Crippen molar-refractivity contribution in [2.75, 3.05) is 27.3 Å². The van der Waals surface area contributed by atoms with Gasteiger partial charge in [-0.2, -0.15) is 0 Å². The first-order valence-corrected chi connectivity index (χ1v) is 5.55. The first-order valence-electron chi connectivity index (χ1n) is 5.01. The summed E-state index contributed by atoms with van der Waals surface area (Å²) in [5.41, 5.74) is 1.98. The maximum Gasteiger partial charge on any atom is 0.137 e. The van der Waals surface area contributed by atoms with E-state index in [0.717, 1.165) is 30.7 Å². The summed E-state index contributed by atoms with van der Waals surface area (Å²) in [6.07, 6.45) is 1.71. The van der Waals surface area contributed by atoms with Gasteiger partial charge in [0.05, 0.1) is 17.8 Å². The van der Waals surface area contributed by atoms with E-state index < -0.39 is 0 Å². The van der Waals surface area contributed by atoms with Crippen molar-refractivity contribution in [3.05, 3.63) is 23.5 Å². The third-order valence-electron chi connectivity index (χ3n) is 1.91. The molecule has 1 heterocycles. The van der Waals surface area contributed by atoms with E-state index >= 15 is 0 Å². The van der Waals surface area contributed by atoms with Crippen LogP contribution in [0.2, 0.25) is 0 Å². The summed E-state index contributed by atoms with van der Waals surface area (Å²) >= 11 is 5.70. The first kappa shape index (κ1) is 15.2. The highest BCUT2D eigenvalue weighted by Gasteiger charge is 2.00. The Morgan fingerprint density at radius 3 is 2.69 bits per heavy atom. The standard InChI is InChI=1S/C10H15ClN2O.CH4O/c1-8-5-9(14-4-3-12-2)7-13-10(8)6-11;1-2/h5,7,12H,3-4,6H2,1-2H3;2H,1H3. The van der Waals surface area contributed by atoms with Gasteiger partial charge in [0, 0.05) is 13.7 Å². The molecule has 0 fully saturated rings. The number of aliphatic hydroxyl groups is 1. The van der Waals surface area contributed by atoms with Gasteiger partial charge in [0.1, 0.15) is 12.4 Å². The third kappa shape index (κ3) is 5.30. The Morgan fingerprint density at radius 2 is 2.19 bits per heavy atom. The Bertz CT molecular complexity index is 295. The molecule has 1 aromatic rings. The van der Waals surface area contributed by atoms with Crippen molar-refractivity contribution in [1.82, 2.24) is 10.3 Å². The number of hydrogen-bond acceptors (Lipinski definition) is 4. The van der Waals surface area contributed by atoms with E-state index in [0.29, 0.717) is 12.5 Å². The summed E-state index contributed by atoms with van der Waals surface area (Å²) < 4.78 is 5.46. The molecule has 2 N–H and O–H groups in total. The van der Waals surface area contributed by atoms with Crippen LogP contribution in [0.3, 0.4) is 0 Å². The van der Waals surface area contributed by atoms with E-state index in [9.17, 15) is 0 Å². The molecule has 0 unspecified atom stereocenters. The highest BCUT2D eigenvalue weighted by atomic mass is 35.5. The Kier molecular flexibility index (Phi) is 8.90. The van der Waals surface area contributed by atoms with Gasteiger partial charge in [-0.05, 0) is 25.6 Å². The molecule has 0 spiro atoms. The fraction of sp³-hybridized carbons (Fsp3) is 0.545. The molecule has 0 aliphatic rings. The number of alkyl halides is 1. The van der Waals surface area contributed by atoms with Crippen molar-refractivity contribution >= 4 is 11.6 Å². The number of pyridine rings is 1. The average Bonchev–Trinajstić information content (AvgIpc) is 2.32.